The van der Waals surface area contributed by atoms with Crippen molar-refractivity contribution in [2.24, 2.45) is 23.7 Å². The Morgan fingerprint density at radius 3 is 2.54 bits per heavy atom. The molecule has 2 saturated heterocycles. The maximum atomic E-state index is 15.7. The molecular formula is C44H58ClFN4O6S. The van der Waals surface area contributed by atoms with Gasteiger partial charge in [-0.15, -0.1) is 0 Å². The number of fused-ring (bicyclic) bond motifs is 6. The van der Waals surface area contributed by atoms with Crippen molar-refractivity contribution in [3.05, 3.63) is 69.5 Å². The Morgan fingerprint density at radius 2 is 1.82 bits per heavy atom. The van der Waals surface area contributed by atoms with E-state index in [0.717, 1.165) is 102 Å². The van der Waals surface area contributed by atoms with Crippen LogP contribution in [0.3, 0.4) is 0 Å². The molecule has 0 aromatic heterocycles. The monoisotopic (exact) mass is 824 g/mol. The van der Waals surface area contributed by atoms with Crippen LogP contribution in [0, 0.1) is 29.5 Å². The lowest BCUT2D eigenvalue weighted by Crippen LogP contribution is -2.61. The molecule has 2 aromatic carbocycles. The maximum Gasteiger partial charge on any atom is 0.264 e. The number of morpholine rings is 1. The molecule has 8 aliphatic rings. The molecule has 1 saturated carbocycles. The summed E-state index contributed by atoms with van der Waals surface area (Å²) >= 11 is 6.33. The molecule has 4 bridgehead atoms. The third kappa shape index (κ3) is 7.01. The number of halogens is 2. The first-order valence-electron chi connectivity index (χ1n) is 21.3. The number of ether oxygens (including phenoxy) is 3. The van der Waals surface area contributed by atoms with Gasteiger partial charge in [-0.2, -0.15) is 0 Å². The van der Waals surface area contributed by atoms with E-state index in [-0.39, 0.29) is 40.1 Å². The third-order valence-electron chi connectivity index (χ3n) is 15.4. The second kappa shape index (κ2) is 15.4. The molecule has 1 spiro atoms. The summed E-state index contributed by atoms with van der Waals surface area (Å²) < 4.78 is 64.9. The highest BCUT2D eigenvalue weighted by Crippen LogP contribution is 2.54. The molecule has 13 heteroatoms. The number of anilines is 1. The Morgan fingerprint density at radius 1 is 1.05 bits per heavy atom. The van der Waals surface area contributed by atoms with Gasteiger partial charge in [0.15, 0.2) is 0 Å². The lowest BCUT2D eigenvalue weighted by atomic mass is 9.58. The van der Waals surface area contributed by atoms with Gasteiger partial charge in [-0.25, -0.2) is 17.5 Å². The molecular weight excluding hydrogens is 767 g/mol. The number of methoxy groups -OCH3 is 1. The molecule has 0 radical (unpaired) electrons. The lowest BCUT2D eigenvalue weighted by Gasteiger charge is -2.56. The zero-order valence-electron chi connectivity index (χ0n) is 33.6. The fourth-order valence-corrected chi connectivity index (χ4v) is 13.0. The molecule has 57 heavy (non-hydrogen) atoms. The smallest absolute Gasteiger partial charge is 0.264 e. The van der Waals surface area contributed by atoms with Crippen molar-refractivity contribution in [1.82, 2.24) is 14.5 Å². The number of allylic oxidation sites excluding steroid dienone is 1. The van der Waals surface area contributed by atoms with E-state index in [1.54, 1.807) is 31.2 Å². The number of hydrogen-bond donors (Lipinski definition) is 1. The van der Waals surface area contributed by atoms with Crippen molar-refractivity contribution in [3.63, 3.8) is 0 Å². The number of carbonyl (C=O) groups excluding carboxylic acids is 1. The minimum Gasteiger partial charge on any atom is -0.490 e. The van der Waals surface area contributed by atoms with Crippen molar-refractivity contribution in [2.45, 2.75) is 87.5 Å². The van der Waals surface area contributed by atoms with Gasteiger partial charge in [0.2, 0.25) is 10.0 Å². The van der Waals surface area contributed by atoms with Crippen LogP contribution in [0.5, 0.6) is 5.75 Å². The summed E-state index contributed by atoms with van der Waals surface area (Å²) in [5, 5.41) is -0.653. The molecule has 3 fully saturated rings. The van der Waals surface area contributed by atoms with Gasteiger partial charge < -0.3 is 19.1 Å². The summed E-state index contributed by atoms with van der Waals surface area (Å²) in [6.07, 6.45) is 9.62. The van der Waals surface area contributed by atoms with E-state index in [2.05, 4.69) is 25.5 Å². The summed E-state index contributed by atoms with van der Waals surface area (Å²) in [5.74, 6) is 0.0162. The normalized spacial score (nSPS) is 34.8. The standard InChI is InChI=1S/C44H58ClFN4O6S/c1-28-29(2)57(52,53)47-42(51)30-7-11-40-39(23-30)50(25-43(27-56-40)14-4-5-35-37(43)9-10-38(45)41(35)46)24-31-6-8-36(31)44(54-3,33-21-32(28)22-33)26-48-15-12-34(13-16-48)49-17-19-55-20-18-49/h7,9-11,21,23,28-29,31-32,34,36H,4-6,8,12-20,22,24-27H2,1-3H3,(H,47,51)/t28-,29-,31+,32+,36-,43+,44+/m1/s1. The summed E-state index contributed by atoms with van der Waals surface area (Å²) in [6, 6.07) is 9.45. The van der Waals surface area contributed by atoms with E-state index in [1.165, 1.54) is 5.57 Å². The first kappa shape index (κ1) is 39.7. The number of nitrogens with zero attached hydrogens (tertiary/aromatic N) is 3. The van der Waals surface area contributed by atoms with Crippen LogP contribution < -0.4 is 14.4 Å². The average Bonchev–Trinajstić information content (AvgIpc) is 3.33. The van der Waals surface area contributed by atoms with Gasteiger partial charge in [0.05, 0.1) is 35.8 Å². The second-order valence-corrected chi connectivity index (χ2v) is 20.6. The Kier molecular flexibility index (Phi) is 10.7. The first-order chi connectivity index (χ1) is 27.4. The second-order valence-electron chi connectivity index (χ2n) is 18.2. The molecule has 7 atom stereocenters. The number of rotatable bonds is 4. The van der Waals surface area contributed by atoms with Crippen LogP contribution in [0.25, 0.3) is 0 Å². The third-order valence-corrected chi connectivity index (χ3v) is 17.5. The van der Waals surface area contributed by atoms with Gasteiger partial charge in [0.1, 0.15) is 17.2 Å². The molecule has 0 unspecified atom stereocenters. The predicted octanol–water partition coefficient (Wildman–Crippen LogP) is 6.20. The van der Waals surface area contributed by atoms with Gasteiger partial charge >= 0.3 is 0 Å². The van der Waals surface area contributed by atoms with Crippen LogP contribution >= 0.6 is 11.6 Å². The highest BCUT2D eigenvalue weighted by molar-refractivity contribution is 7.90. The van der Waals surface area contributed by atoms with Gasteiger partial charge in [-0.1, -0.05) is 30.7 Å². The molecule has 310 valence electrons. The van der Waals surface area contributed by atoms with E-state index in [1.807, 2.05) is 20.1 Å². The van der Waals surface area contributed by atoms with Crippen molar-refractivity contribution < 1.29 is 31.8 Å². The first-order valence-corrected chi connectivity index (χ1v) is 23.2. The summed E-state index contributed by atoms with van der Waals surface area (Å²) in [5.41, 5.74) is 2.87. The number of hydrogen-bond acceptors (Lipinski definition) is 9. The van der Waals surface area contributed by atoms with Gasteiger partial charge in [0.25, 0.3) is 5.91 Å². The van der Waals surface area contributed by atoms with Crippen LogP contribution in [0.1, 0.15) is 80.3 Å². The number of amides is 1. The fourth-order valence-electron chi connectivity index (χ4n) is 11.5. The predicted molar refractivity (Wildman–Crippen MR) is 219 cm³/mol. The molecule has 1 N–H and O–H groups in total. The van der Waals surface area contributed by atoms with E-state index >= 15 is 4.39 Å². The topological polar surface area (TPSA) is 101 Å². The van der Waals surface area contributed by atoms with Gasteiger partial charge in [0, 0.05) is 56.9 Å². The summed E-state index contributed by atoms with van der Waals surface area (Å²) in [7, 11) is -2.12. The molecule has 10 nitrogen and oxygen atoms in total. The lowest BCUT2D eigenvalue weighted by molar-refractivity contribution is -0.109. The van der Waals surface area contributed by atoms with E-state index in [9.17, 15) is 13.2 Å². The number of sulfonamides is 1. The van der Waals surface area contributed by atoms with Crippen LogP contribution in [0.2, 0.25) is 5.02 Å². The number of nitrogens with one attached hydrogen (secondary N) is 1. The molecule has 5 aliphatic heterocycles. The Labute approximate surface area is 342 Å². The van der Waals surface area contributed by atoms with Crippen LogP contribution in [-0.4, -0.2) is 114 Å². The Balaban J connectivity index is 1.09. The van der Waals surface area contributed by atoms with E-state index in [0.29, 0.717) is 43.5 Å². The number of piperidine rings is 1. The number of carbonyl (C=O) groups is 1. The van der Waals surface area contributed by atoms with Crippen molar-refractivity contribution in [1.29, 1.82) is 0 Å². The quantitative estimate of drug-likeness (QED) is 0.362. The van der Waals surface area contributed by atoms with Crippen molar-refractivity contribution in [2.75, 3.05) is 77.6 Å². The van der Waals surface area contributed by atoms with Crippen LogP contribution in [0.4, 0.5) is 10.1 Å². The van der Waals surface area contributed by atoms with Crippen LogP contribution in [-0.2, 0) is 31.3 Å². The minimum absolute atomic E-state index is 0.0588. The average molecular weight is 825 g/mol. The molecule has 10 rings (SSSR count). The molecule has 1 amide bonds. The SMILES string of the molecule is CO[C@@]1(CN2CCC(N3CCOCC3)CC2)C2=C[C@@H](C2)[C@H](C)[C@@H](C)S(=O)(=O)NC(=O)c2ccc3c(c2)N(C[C@@H]2CC[C@H]21)C[C@@]1(CCCc2c1ccc(Cl)c2F)CO3. The largest absolute Gasteiger partial charge is 0.490 e. The zero-order valence-corrected chi connectivity index (χ0v) is 35.2. The number of likely N-dealkylation sites (tertiary alicyclic amines) is 1. The van der Waals surface area contributed by atoms with Gasteiger partial charge in [-0.3, -0.25) is 14.6 Å². The van der Waals surface area contributed by atoms with Gasteiger partial charge in [-0.05, 0) is 136 Å². The van der Waals surface area contributed by atoms with Crippen LogP contribution in [0.15, 0.2) is 42.0 Å². The summed E-state index contributed by atoms with van der Waals surface area (Å²) in [4.78, 5) is 21.3. The number of benzene rings is 2. The van der Waals surface area contributed by atoms with Crippen molar-refractivity contribution in [3.8, 4) is 5.75 Å². The highest BCUT2D eigenvalue weighted by Gasteiger charge is 2.55. The molecule has 2 aromatic rings. The molecule has 3 aliphatic carbocycles. The summed E-state index contributed by atoms with van der Waals surface area (Å²) in [6.45, 7) is 11.8. The Bertz CT molecular complexity index is 2020. The highest BCUT2D eigenvalue weighted by atomic mass is 35.5. The van der Waals surface area contributed by atoms with Crippen molar-refractivity contribution >= 4 is 33.2 Å². The van der Waals surface area contributed by atoms with E-state index < -0.39 is 32.2 Å². The fraction of sp³-hybridized carbons (Fsp3) is 0.659. The maximum absolute atomic E-state index is 15.7. The zero-order chi connectivity index (χ0) is 39.7. The van der Waals surface area contributed by atoms with E-state index in [4.69, 9.17) is 25.8 Å². The Hall–Kier alpha value is -2.74. The molecule has 5 heterocycles. The minimum atomic E-state index is -4.00.